The van der Waals surface area contributed by atoms with E-state index in [9.17, 15) is 10.1 Å². The van der Waals surface area contributed by atoms with Crippen LogP contribution in [0.4, 0.5) is 5.13 Å². The highest BCUT2D eigenvalue weighted by Gasteiger charge is 2.46. The van der Waals surface area contributed by atoms with Gasteiger partial charge < -0.3 is 5.73 Å². The van der Waals surface area contributed by atoms with Gasteiger partial charge in [-0.05, 0) is 23.5 Å². The number of nitrogens with two attached hydrogens (primary N) is 1. The number of Topliss-reactive ketones (excluding diaryl/α,β-unsaturated/α-hetero) is 1. The second-order valence-corrected chi connectivity index (χ2v) is 11.6. The van der Waals surface area contributed by atoms with Crippen molar-refractivity contribution < 1.29 is 4.79 Å². The highest BCUT2D eigenvalue weighted by Crippen LogP contribution is 2.52. The number of halogens is 2. The van der Waals surface area contributed by atoms with Gasteiger partial charge in [0.1, 0.15) is 5.82 Å². The molecule has 4 rings (SSSR count). The molecule has 0 amide bonds. The van der Waals surface area contributed by atoms with E-state index in [1.54, 1.807) is 29.2 Å². The molecule has 1 unspecified atom stereocenters. The smallest absolute Gasteiger partial charge is 0.219 e. The average Bonchev–Trinajstić information content (AvgIpc) is 3.21. The first-order chi connectivity index (χ1) is 15.7. The summed E-state index contributed by atoms with van der Waals surface area (Å²) in [6.07, 6.45) is 2.72. The third-order valence-corrected chi connectivity index (χ3v) is 8.46. The van der Waals surface area contributed by atoms with E-state index in [0.29, 0.717) is 44.9 Å². The summed E-state index contributed by atoms with van der Waals surface area (Å²) < 4.78 is 0.750. The van der Waals surface area contributed by atoms with Gasteiger partial charge in [-0.3, -0.25) is 9.69 Å². The zero-order valence-electron chi connectivity index (χ0n) is 18.1. The number of rotatable bonds is 5. The summed E-state index contributed by atoms with van der Waals surface area (Å²) in [5, 5.41) is 19.9. The van der Waals surface area contributed by atoms with Gasteiger partial charge in [-0.1, -0.05) is 78.4 Å². The lowest BCUT2D eigenvalue weighted by atomic mass is 9.68. The van der Waals surface area contributed by atoms with Crippen LogP contribution in [0, 0.1) is 16.7 Å². The molecule has 0 saturated carbocycles. The second kappa shape index (κ2) is 9.15. The molecule has 1 atom stereocenters. The van der Waals surface area contributed by atoms with Crippen molar-refractivity contribution in [2.24, 2.45) is 11.1 Å². The van der Waals surface area contributed by atoms with Crippen LogP contribution in [0.3, 0.4) is 0 Å². The number of hydrogen-bond acceptors (Lipinski definition) is 8. The molecule has 1 aliphatic heterocycles. The molecule has 33 heavy (non-hydrogen) atoms. The van der Waals surface area contributed by atoms with Gasteiger partial charge in [-0.25, -0.2) is 0 Å². The lowest BCUT2D eigenvalue weighted by Crippen LogP contribution is -2.42. The maximum Gasteiger partial charge on any atom is 0.219 e. The molecule has 2 N–H and O–H groups in total. The van der Waals surface area contributed by atoms with E-state index in [1.807, 2.05) is 13.8 Å². The number of allylic oxidation sites excluding steroid dienone is 3. The summed E-state index contributed by atoms with van der Waals surface area (Å²) in [5.74, 6) is 0.175. The summed E-state index contributed by atoms with van der Waals surface area (Å²) in [6.45, 7) is 7.81. The number of nitrogens with zero attached hydrogens (tertiary/aromatic N) is 4. The molecule has 0 spiro atoms. The molecule has 1 aliphatic carbocycles. The Morgan fingerprint density at radius 1 is 1.39 bits per heavy atom. The van der Waals surface area contributed by atoms with Crippen molar-refractivity contribution in [3.05, 3.63) is 69.1 Å². The van der Waals surface area contributed by atoms with Gasteiger partial charge in [0.15, 0.2) is 10.1 Å². The predicted molar refractivity (Wildman–Crippen MR) is 134 cm³/mol. The number of carbonyl (C=O) groups is 1. The van der Waals surface area contributed by atoms with Gasteiger partial charge in [0.05, 0.1) is 27.6 Å². The number of thioether (sulfide) groups is 1. The molecule has 0 bridgehead atoms. The number of benzene rings is 1. The van der Waals surface area contributed by atoms with Crippen molar-refractivity contribution in [3.8, 4) is 6.07 Å². The molecule has 2 aliphatic rings. The number of hydrogen-bond donors (Lipinski definition) is 1. The first-order valence-corrected chi connectivity index (χ1v) is 12.7. The summed E-state index contributed by atoms with van der Waals surface area (Å²) in [5.41, 5.74) is 8.39. The monoisotopic (exact) mass is 517 g/mol. The number of ketones is 1. The molecule has 2 aromatic rings. The molecule has 0 radical (unpaired) electrons. The third kappa shape index (κ3) is 4.31. The van der Waals surface area contributed by atoms with Crippen LogP contribution >= 0.6 is 46.3 Å². The zero-order valence-corrected chi connectivity index (χ0v) is 21.2. The minimum atomic E-state index is -0.696. The topological polar surface area (TPSA) is 95.9 Å². The standard InChI is InChI=1S/C23H21Cl2N5OS2/c1-4-8-32-22-29-28-21(33-22)30-15-9-23(2,3)10-16(31)18(15)17(13(11-26)20(30)27)12-6-5-7-14(24)19(12)25/h4-7,17H,1,8-10,27H2,2-3H3. The lowest BCUT2D eigenvalue weighted by Gasteiger charge is -2.42. The van der Waals surface area contributed by atoms with E-state index in [-0.39, 0.29) is 22.6 Å². The highest BCUT2D eigenvalue weighted by atomic mass is 35.5. The van der Waals surface area contributed by atoms with Gasteiger partial charge in [0.2, 0.25) is 5.13 Å². The first kappa shape index (κ1) is 23.8. The first-order valence-electron chi connectivity index (χ1n) is 10.2. The molecule has 0 fully saturated rings. The summed E-state index contributed by atoms with van der Waals surface area (Å²) in [7, 11) is 0. The fourth-order valence-corrected chi connectivity index (χ4v) is 6.32. The molecular formula is C23H21Cl2N5OS2. The molecule has 6 nitrogen and oxygen atoms in total. The van der Waals surface area contributed by atoms with Crippen LogP contribution in [-0.4, -0.2) is 21.7 Å². The van der Waals surface area contributed by atoms with Crippen molar-refractivity contribution in [2.45, 2.75) is 36.9 Å². The fraction of sp³-hybridized carbons (Fsp3) is 0.304. The van der Waals surface area contributed by atoms with Crippen molar-refractivity contribution in [1.82, 2.24) is 10.2 Å². The second-order valence-electron chi connectivity index (χ2n) is 8.57. The molecule has 170 valence electrons. The van der Waals surface area contributed by atoms with E-state index in [4.69, 9.17) is 28.9 Å². The molecular weight excluding hydrogens is 497 g/mol. The average molecular weight is 518 g/mol. The Kier molecular flexibility index (Phi) is 6.61. The van der Waals surface area contributed by atoms with Gasteiger partial charge >= 0.3 is 0 Å². The van der Waals surface area contributed by atoms with Crippen LogP contribution in [0.25, 0.3) is 0 Å². The summed E-state index contributed by atoms with van der Waals surface area (Å²) >= 11 is 15.7. The summed E-state index contributed by atoms with van der Waals surface area (Å²) in [6, 6.07) is 7.44. The van der Waals surface area contributed by atoms with Crippen molar-refractivity contribution in [2.75, 3.05) is 10.7 Å². The van der Waals surface area contributed by atoms with Crippen molar-refractivity contribution in [1.29, 1.82) is 5.26 Å². The van der Waals surface area contributed by atoms with E-state index < -0.39 is 5.92 Å². The van der Waals surface area contributed by atoms with Crippen LogP contribution < -0.4 is 10.6 Å². The Morgan fingerprint density at radius 3 is 2.85 bits per heavy atom. The van der Waals surface area contributed by atoms with Gasteiger partial charge in [-0.15, -0.1) is 16.8 Å². The number of carbonyl (C=O) groups excluding carboxylic acids is 1. The van der Waals surface area contributed by atoms with Gasteiger partial charge in [0.25, 0.3) is 0 Å². The molecule has 1 aromatic carbocycles. The molecule has 10 heteroatoms. The molecule has 1 aromatic heterocycles. The highest BCUT2D eigenvalue weighted by molar-refractivity contribution is 8.01. The Morgan fingerprint density at radius 2 is 2.15 bits per heavy atom. The quantitative estimate of drug-likeness (QED) is 0.379. The van der Waals surface area contributed by atoms with Crippen molar-refractivity contribution >= 4 is 57.2 Å². The number of nitriles is 1. The maximum absolute atomic E-state index is 13.5. The SMILES string of the molecule is C=CCSc1nnc(N2C(N)=C(C#N)C(c3cccc(Cl)c3Cl)C3=C2CC(C)(C)CC3=O)s1. The van der Waals surface area contributed by atoms with E-state index in [2.05, 4.69) is 22.8 Å². The Bertz CT molecular complexity index is 1260. The van der Waals surface area contributed by atoms with E-state index in [0.717, 1.165) is 10.0 Å². The lowest BCUT2D eigenvalue weighted by molar-refractivity contribution is -0.118. The zero-order chi connectivity index (χ0) is 23.9. The van der Waals surface area contributed by atoms with Crippen LogP contribution in [-0.2, 0) is 4.79 Å². The molecule has 0 saturated heterocycles. The predicted octanol–water partition coefficient (Wildman–Crippen LogP) is 6.06. The largest absolute Gasteiger partial charge is 0.384 e. The summed E-state index contributed by atoms with van der Waals surface area (Å²) in [4.78, 5) is 15.3. The minimum Gasteiger partial charge on any atom is -0.384 e. The van der Waals surface area contributed by atoms with Gasteiger partial charge in [-0.2, -0.15) is 5.26 Å². The van der Waals surface area contributed by atoms with Crippen LogP contribution in [0.5, 0.6) is 0 Å². The third-order valence-electron chi connectivity index (χ3n) is 5.59. The number of anilines is 1. The number of aromatic nitrogens is 2. The molecule has 2 heterocycles. The Hall–Kier alpha value is -2.31. The van der Waals surface area contributed by atoms with Crippen LogP contribution in [0.1, 0.15) is 38.2 Å². The van der Waals surface area contributed by atoms with Crippen molar-refractivity contribution in [3.63, 3.8) is 0 Å². The Labute approximate surface area is 210 Å². The van der Waals surface area contributed by atoms with E-state index in [1.165, 1.54) is 23.1 Å². The van der Waals surface area contributed by atoms with Crippen LogP contribution in [0.2, 0.25) is 10.0 Å². The van der Waals surface area contributed by atoms with Gasteiger partial charge in [0, 0.05) is 23.4 Å². The van der Waals surface area contributed by atoms with Crippen LogP contribution in [0.15, 0.2) is 57.9 Å². The van der Waals surface area contributed by atoms with E-state index >= 15 is 0 Å². The fourth-order valence-electron chi connectivity index (χ4n) is 4.26. The maximum atomic E-state index is 13.5. The minimum absolute atomic E-state index is 0.0432. The normalized spacial score (nSPS) is 20.0. The Balaban J connectivity index is 1.95.